The van der Waals surface area contributed by atoms with Crippen LogP contribution in [0.25, 0.3) is 11.0 Å². The lowest BCUT2D eigenvalue weighted by molar-refractivity contribution is 0.415. The Balaban J connectivity index is 1.88. The summed E-state index contributed by atoms with van der Waals surface area (Å²) in [6, 6.07) is 7.30. The molecule has 1 saturated carbocycles. The summed E-state index contributed by atoms with van der Waals surface area (Å²) >= 11 is 0. The van der Waals surface area contributed by atoms with Crippen LogP contribution < -0.4 is 10.1 Å². The summed E-state index contributed by atoms with van der Waals surface area (Å²) in [4.78, 5) is 4.94. The van der Waals surface area contributed by atoms with Crippen molar-refractivity contribution in [3.63, 3.8) is 0 Å². The third-order valence-electron chi connectivity index (χ3n) is 4.65. The summed E-state index contributed by atoms with van der Waals surface area (Å²) in [6.45, 7) is 3.42. The maximum atomic E-state index is 5.33. The third-order valence-corrected chi connectivity index (χ3v) is 4.65. The zero-order valence-electron chi connectivity index (χ0n) is 12.1. The number of rotatable bonds is 3. The van der Waals surface area contributed by atoms with Gasteiger partial charge in [0.1, 0.15) is 11.6 Å². The van der Waals surface area contributed by atoms with Gasteiger partial charge in [-0.2, -0.15) is 0 Å². The van der Waals surface area contributed by atoms with Gasteiger partial charge in [0.25, 0.3) is 0 Å². The predicted octanol–water partition coefficient (Wildman–Crippen LogP) is 3.05. The molecule has 2 aliphatic rings. The average molecular weight is 271 g/mol. The molecular weight excluding hydrogens is 250 g/mol. The van der Waals surface area contributed by atoms with Crippen LogP contribution in [-0.4, -0.2) is 23.2 Å². The van der Waals surface area contributed by atoms with Crippen molar-refractivity contribution < 1.29 is 4.74 Å². The molecule has 2 fully saturated rings. The van der Waals surface area contributed by atoms with E-state index in [1.165, 1.54) is 30.6 Å². The summed E-state index contributed by atoms with van der Waals surface area (Å²) in [5, 5.41) is 3.62. The minimum atomic E-state index is 0.397. The van der Waals surface area contributed by atoms with E-state index < -0.39 is 0 Å². The second kappa shape index (κ2) is 4.48. The molecule has 1 aromatic heterocycles. The molecule has 1 aliphatic heterocycles. The Labute approximate surface area is 119 Å². The number of imidazole rings is 1. The fourth-order valence-corrected chi connectivity index (χ4v) is 3.34. The maximum absolute atomic E-state index is 5.33. The molecule has 0 bridgehead atoms. The summed E-state index contributed by atoms with van der Waals surface area (Å²) in [6.07, 6.45) is 3.80. The van der Waals surface area contributed by atoms with Crippen LogP contribution in [0.1, 0.15) is 44.1 Å². The van der Waals surface area contributed by atoms with Gasteiger partial charge < -0.3 is 14.6 Å². The van der Waals surface area contributed by atoms with Gasteiger partial charge in [-0.1, -0.05) is 6.92 Å². The van der Waals surface area contributed by atoms with E-state index in [0.717, 1.165) is 17.8 Å². The van der Waals surface area contributed by atoms with Crippen molar-refractivity contribution in [1.82, 2.24) is 14.9 Å². The van der Waals surface area contributed by atoms with Gasteiger partial charge in [0, 0.05) is 12.1 Å². The highest BCUT2D eigenvalue weighted by atomic mass is 16.5. The first-order chi connectivity index (χ1) is 9.78. The fraction of sp³-hybridized carbons (Fsp3) is 0.562. The Hall–Kier alpha value is -1.55. The Kier molecular flexibility index (Phi) is 2.74. The largest absolute Gasteiger partial charge is 0.497 e. The molecule has 20 heavy (non-hydrogen) atoms. The zero-order chi connectivity index (χ0) is 13.7. The Morgan fingerprint density at radius 2 is 2.15 bits per heavy atom. The van der Waals surface area contributed by atoms with E-state index in [9.17, 15) is 0 Å². The number of aromatic nitrogens is 2. The molecule has 0 radical (unpaired) electrons. The molecule has 2 heterocycles. The first-order valence-electron chi connectivity index (χ1n) is 7.57. The zero-order valence-corrected chi connectivity index (χ0v) is 12.1. The van der Waals surface area contributed by atoms with Crippen molar-refractivity contribution in [2.24, 2.45) is 5.92 Å². The number of fused-ring (bicyclic) bond motifs is 1. The Bertz CT molecular complexity index is 644. The number of nitrogens with zero attached hydrogens (tertiary/aromatic N) is 2. The van der Waals surface area contributed by atoms with Crippen LogP contribution in [0.5, 0.6) is 5.75 Å². The molecule has 106 valence electrons. The van der Waals surface area contributed by atoms with Crippen LogP contribution in [0.2, 0.25) is 0 Å². The molecule has 4 heteroatoms. The highest BCUT2D eigenvalue weighted by Crippen LogP contribution is 2.42. The lowest BCUT2D eigenvalue weighted by atomic mass is 10.0. The van der Waals surface area contributed by atoms with Gasteiger partial charge in [0.15, 0.2) is 0 Å². The molecule has 4 rings (SSSR count). The maximum Gasteiger partial charge on any atom is 0.127 e. The van der Waals surface area contributed by atoms with Crippen LogP contribution >= 0.6 is 0 Å². The summed E-state index contributed by atoms with van der Waals surface area (Å²) in [5.41, 5.74) is 2.32. The standard InChI is InChI=1S/C16H21N3O/c1-10-7-8-17-15(10)16-18-13-9-12(20-2)5-6-14(13)19(16)11-3-4-11/h5-6,9-11,15,17H,3-4,7-8H2,1-2H3. The smallest absolute Gasteiger partial charge is 0.127 e. The van der Waals surface area contributed by atoms with E-state index in [1.807, 2.05) is 6.07 Å². The molecule has 4 nitrogen and oxygen atoms in total. The van der Waals surface area contributed by atoms with Gasteiger partial charge in [-0.25, -0.2) is 4.98 Å². The van der Waals surface area contributed by atoms with Crippen molar-refractivity contribution >= 4 is 11.0 Å². The molecule has 1 aromatic carbocycles. The molecular formula is C16H21N3O. The number of hydrogen-bond donors (Lipinski definition) is 1. The second-order valence-corrected chi connectivity index (χ2v) is 6.12. The first-order valence-corrected chi connectivity index (χ1v) is 7.57. The molecule has 0 spiro atoms. The van der Waals surface area contributed by atoms with Gasteiger partial charge in [-0.05, 0) is 43.9 Å². The Morgan fingerprint density at radius 1 is 1.30 bits per heavy atom. The van der Waals surface area contributed by atoms with Crippen molar-refractivity contribution in [2.75, 3.05) is 13.7 Å². The van der Waals surface area contributed by atoms with Crippen molar-refractivity contribution in [2.45, 2.75) is 38.3 Å². The minimum absolute atomic E-state index is 0.397. The van der Waals surface area contributed by atoms with Gasteiger partial charge in [0.05, 0.1) is 24.2 Å². The first kappa shape index (κ1) is 12.2. The summed E-state index contributed by atoms with van der Waals surface area (Å²) < 4.78 is 7.80. The van der Waals surface area contributed by atoms with E-state index >= 15 is 0 Å². The molecule has 2 aromatic rings. The van der Waals surface area contributed by atoms with Crippen LogP contribution in [0.4, 0.5) is 0 Å². The van der Waals surface area contributed by atoms with E-state index in [1.54, 1.807) is 7.11 Å². The lowest BCUT2D eigenvalue weighted by Gasteiger charge is -2.17. The topological polar surface area (TPSA) is 39.1 Å². The average Bonchev–Trinajstić information content (AvgIpc) is 3.10. The minimum Gasteiger partial charge on any atom is -0.497 e. The number of methoxy groups -OCH3 is 1. The molecule has 1 saturated heterocycles. The third kappa shape index (κ3) is 1.82. The number of nitrogens with one attached hydrogen (secondary N) is 1. The van der Waals surface area contributed by atoms with Gasteiger partial charge in [-0.15, -0.1) is 0 Å². The summed E-state index contributed by atoms with van der Waals surface area (Å²) in [7, 11) is 1.71. The molecule has 1 aliphatic carbocycles. The van der Waals surface area contributed by atoms with Crippen molar-refractivity contribution in [1.29, 1.82) is 0 Å². The van der Waals surface area contributed by atoms with Crippen LogP contribution in [0.3, 0.4) is 0 Å². The van der Waals surface area contributed by atoms with Crippen molar-refractivity contribution in [3.8, 4) is 5.75 Å². The quantitative estimate of drug-likeness (QED) is 0.932. The fourth-order valence-electron chi connectivity index (χ4n) is 3.34. The van der Waals surface area contributed by atoms with Crippen LogP contribution in [0.15, 0.2) is 18.2 Å². The normalized spacial score (nSPS) is 26.3. The predicted molar refractivity (Wildman–Crippen MR) is 79.1 cm³/mol. The Morgan fingerprint density at radius 3 is 2.80 bits per heavy atom. The number of benzene rings is 1. The molecule has 1 N–H and O–H groups in total. The number of ether oxygens (including phenoxy) is 1. The summed E-state index contributed by atoms with van der Waals surface area (Å²) in [5.74, 6) is 2.77. The highest BCUT2D eigenvalue weighted by molar-refractivity contribution is 5.78. The molecule has 0 amide bonds. The second-order valence-electron chi connectivity index (χ2n) is 6.12. The number of hydrogen-bond acceptors (Lipinski definition) is 3. The van der Waals surface area contributed by atoms with Crippen LogP contribution in [-0.2, 0) is 0 Å². The monoisotopic (exact) mass is 271 g/mol. The molecule has 2 atom stereocenters. The van der Waals surface area contributed by atoms with E-state index in [0.29, 0.717) is 18.0 Å². The van der Waals surface area contributed by atoms with Crippen molar-refractivity contribution in [3.05, 3.63) is 24.0 Å². The van der Waals surface area contributed by atoms with E-state index in [-0.39, 0.29) is 0 Å². The van der Waals surface area contributed by atoms with E-state index in [2.05, 4.69) is 28.9 Å². The van der Waals surface area contributed by atoms with Gasteiger partial charge in [0.2, 0.25) is 0 Å². The van der Waals surface area contributed by atoms with Gasteiger partial charge >= 0.3 is 0 Å². The molecule has 2 unspecified atom stereocenters. The highest BCUT2D eigenvalue weighted by Gasteiger charge is 2.34. The van der Waals surface area contributed by atoms with Crippen LogP contribution in [0, 0.1) is 5.92 Å². The van der Waals surface area contributed by atoms with E-state index in [4.69, 9.17) is 9.72 Å². The lowest BCUT2D eigenvalue weighted by Crippen LogP contribution is -2.21. The SMILES string of the molecule is COc1ccc2c(c1)nc(C1NCCC1C)n2C1CC1. The van der Waals surface area contributed by atoms with Gasteiger partial charge in [-0.3, -0.25) is 0 Å².